The molecule has 4 fully saturated rings. The number of fused-ring (bicyclic) bond motifs is 5. The molecule has 4 aliphatic rings. The Kier molecular flexibility index (Phi) is 3.25. The number of hydrogen-bond acceptors (Lipinski definition) is 2. The SMILES string of the molecule is C[C@]12CC[C@@H](O)C[C@@H]1CC[C@H]1[C@H]2CC[C@@]2(C)[C@@H](O)CC[C@@H]12. The average molecular weight is 292 g/mol. The molecule has 0 heterocycles. The molecule has 0 radical (unpaired) electrons. The molecule has 0 bridgehead atoms. The van der Waals surface area contributed by atoms with Crippen LogP contribution in [0.4, 0.5) is 0 Å². The quantitative estimate of drug-likeness (QED) is 0.714. The van der Waals surface area contributed by atoms with Gasteiger partial charge in [-0.1, -0.05) is 13.8 Å². The fourth-order valence-electron chi connectivity index (χ4n) is 7.21. The molecule has 2 N–H and O–H groups in total. The van der Waals surface area contributed by atoms with Crippen molar-refractivity contribution in [3.8, 4) is 0 Å². The molecular weight excluding hydrogens is 260 g/mol. The monoisotopic (exact) mass is 292 g/mol. The van der Waals surface area contributed by atoms with Gasteiger partial charge in [0.2, 0.25) is 0 Å². The van der Waals surface area contributed by atoms with Crippen LogP contribution in [0.2, 0.25) is 0 Å². The first-order chi connectivity index (χ1) is 9.95. The number of hydrogen-bond donors (Lipinski definition) is 2. The number of aliphatic hydroxyl groups is 2. The molecule has 0 unspecified atom stereocenters. The van der Waals surface area contributed by atoms with Gasteiger partial charge >= 0.3 is 0 Å². The summed E-state index contributed by atoms with van der Waals surface area (Å²) in [7, 11) is 0. The van der Waals surface area contributed by atoms with Gasteiger partial charge in [-0.25, -0.2) is 0 Å². The Morgan fingerprint density at radius 1 is 0.762 bits per heavy atom. The normalized spacial score (nSPS) is 60.0. The second kappa shape index (κ2) is 4.71. The first-order valence-electron chi connectivity index (χ1n) is 9.31. The maximum absolute atomic E-state index is 10.5. The standard InChI is InChI=1S/C19H32O2/c1-18-9-7-13(20)11-12(18)3-4-14-15-5-6-17(21)19(15,2)10-8-16(14)18/h12-17,20-21H,3-11H2,1-2H3/t12-,13+,14+,15-,16+,17-,18-,19+/m0/s1. The minimum atomic E-state index is -0.0536. The molecule has 4 aliphatic carbocycles. The first-order valence-corrected chi connectivity index (χ1v) is 9.31. The maximum atomic E-state index is 10.5. The minimum absolute atomic E-state index is 0.0400. The predicted molar refractivity (Wildman–Crippen MR) is 83.7 cm³/mol. The summed E-state index contributed by atoms with van der Waals surface area (Å²) < 4.78 is 0. The number of rotatable bonds is 0. The second-order valence-electron chi connectivity index (χ2n) is 9.22. The Morgan fingerprint density at radius 2 is 1.48 bits per heavy atom. The van der Waals surface area contributed by atoms with E-state index in [9.17, 15) is 10.2 Å². The fourth-order valence-corrected chi connectivity index (χ4v) is 7.21. The third kappa shape index (κ3) is 1.91. The van der Waals surface area contributed by atoms with Crippen molar-refractivity contribution in [1.82, 2.24) is 0 Å². The summed E-state index contributed by atoms with van der Waals surface area (Å²) in [6.45, 7) is 4.90. The van der Waals surface area contributed by atoms with Crippen LogP contribution in [0.5, 0.6) is 0 Å². The molecule has 2 nitrogen and oxygen atoms in total. The molecular formula is C19H32O2. The van der Waals surface area contributed by atoms with E-state index in [0.717, 1.165) is 42.9 Å². The molecule has 120 valence electrons. The van der Waals surface area contributed by atoms with Crippen LogP contribution in [0, 0.1) is 34.5 Å². The topological polar surface area (TPSA) is 40.5 Å². The van der Waals surface area contributed by atoms with Crippen LogP contribution in [0.25, 0.3) is 0 Å². The van der Waals surface area contributed by atoms with Crippen LogP contribution in [0.15, 0.2) is 0 Å². The van der Waals surface area contributed by atoms with Crippen LogP contribution in [-0.2, 0) is 0 Å². The van der Waals surface area contributed by atoms with E-state index in [1.165, 1.54) is 38.5 Å². The lowest BCUT2D eigenvalue weighted by Gasteiger charge is -2.60. The van der Waals surface area contributed by atoms with Crippen LogP contribution >= 0.6 is 0 Å². The van der Waals surface area contributed by atoms with Gasteiger partial charge < -0.3 is 10.2 Å². The van der Waals surface area contributed by atoms with E-state index in [1.54, 1.807) is 0 Å². The van der Waals surface area contributed by atoms with Gasteiger partial charge in [-0.15, -0.1) is 0 Å². The van der Waals surface area contributed by atoms with Gasteiger partial charge in [-0.05, 0) is 92.3 Å². The largest absolute Gasteiger partial charge is 0.393 e. The van der Waals surface area contributed by atoms with Gasteiger partial charge in [0, 0.05) is 0 Å². The van der Waals surface area contributed by atoms with E-state index < -0.39 is 0 Å². The highest BCUT2D eigenvalue weighted by molar-refractivity contribution is 5.09. The zero-order valence-electron chi connectivity index (χ0n) is 13.7. The lowest BCUT2D eigenvalue weighted by molar-refractivity contribution is -0.133. The third-order valence-electron chi connectivity index (χ3n) is 8.59. The van der Waals surface area contributed by atoms with Crippen molar-refractivity contribution >= 4 is 0 Å². The van der Waals surface area contributed by atoms with Crippen molar-refractivity contribution in [2.24, 2.45) is 34.5 Å². The van der Waals surface area contributed by atoms with Crippen LogP contribution < -0.4 is 0 Å². The molecule has 4 rings (SSSR count). The Labute approximate surface area is 129 Å². The molecule has 0 amide bonds. The highest BCUT2D eigenvalue weighted by Crippen LogP contribution is 2.66. The van der Waals surface area contributed by atoms with Crippen molar-refractivity contribution in [3.63, 3.8) is 0 Å². The molecule has 0 aromatic rings. The van der Waals surface area contributed by atoms with Crippen molar-refractivity contribution in [2.45, 2.75) is 83.8 Å². The summed E-state index contributed by atoms with van der Waals surface area (Å²) in [6, 6.07) is 0. The minimum Gasteiger partial charge on any atom is -0.393 e. The van der Waals surface area contributed by atoms with Crippen LogP contribution in [0.1, 0.15) is 71.6 Å². The van der Waals surface area contributed by atoms with E-state index in [0.29, 0.717) is 5.41 Å². The maximum Gasteiger partial charge on any atom is 0.0596 e. The van der Waals surface area contributed by atoms with Gasteiger partial charge in [0.25, 0.3) is 0 Å². The zero-order valence-corrected chi connectivity index (χ0v) is 13.7. The van der Waals surface area contributed by atoms with E-state index in [4.69, 9.17) is 0 Å². The van der Waals surface area contributed by atoms with E-state index in [1.807, 2.05) is 0 Å². The summed E-state index contributed by atoms with van der Waals surface area (Å²) >= 11 is 0. The summed E-state index contributed by atoms with van der Waals surface area (Å²) in [5.41, 5.74) is 0.676. The Morgan fingerprint density at radius 3 is 2.29 bits per heavy atom. The van der Waals surface area contributed by atoms with E-state index in [2.05, 4.69) is 13.8 Å². The molecule has 4 saturated carbocycles. The predicted octanol–water partition coefficient (Wildman–Crippen LogP) is 3.75. The Hall–Kier alpha value is -0.0800. The molecule has 2 heteroatoms. The van der Waals surface area contributed by atoms with Gasteiger partial charge in [0.1, 0.15) is 0 Å². The Bertz CT molecular complexity index is 422. The van der Waals surface area contributed by atoms with Gasteiger partial charge in [0.15, 0.2) is 0 Å². The van der Waals surface area contributed by atoms with E-state index in [-0.39, 0.29) is 17.6 Å². The lowest BCUT2D eigenvalue weighted by atomic mass is 9.45. The molecule has 0 aromatic carbocycles. The fraction of sp³-hybridized carbons (Fsp3) is 1.00. The van der Waals surface area contributed by atoms with Gasteiger partial charge in [0.05, 0.1) is 12.2 Å². The number of aliphatic hydroxyl groups excluding tert-OH is 2. The summed E-state index contributed by atoms with van der Waals surface area (Å²) in [4.78, 5) is 0. The van der Waals surface area contributed by atoms with Crippen molar-refractivity contribution in [2.75, 3.05) is 0 Å². The lowest BCUT2D eigenvalue weighted by Crippen LogP contribution is -2.54. The van der Waals surface area contributed by atoms with Gasteiger partial charge in [-0.3, -0.25) is 0 Å². The van der Waals surface area contributed by atoms with Crippen LogP contribution in [0.3, 0.4) is 0 Å². The Balaban J connectivity index is 1.62. The zero-order chi connectivity index (χ0) is 14.8. The van der Waals surface area contributed by atoms with Gasteiger partial charge in [-0.2, -0.15) is 0 Å². The molecule has 0 saturated heterocycles. The molecule has 8 atom stereocenters. The van der Waals surface area contributed by atoms with Crippen molar-refractivity contribution in [1.29, 1.82) is 0 Å². The van der Waals surface area contributed by atoms with Crippen LogP contribution in [-0.4, -0.2) is 22.4 Å². The summed E-state index contributed by atoms with van der Waals surface area (Å²) in [5, 5.41) is 20.5. The third-order valence-corrected chi connectivity index (χ3v) is 8.59. The molecule has 0 aromatic heterocycles. The first kappa shape index (κ1) is 14.5. The second-order valence-corrected chi connectivity index (χ2v) is 9.22. The highest BCUT2D eigenvalue weighted by atomic mass is 16.3. The van der Waals surface area contributed by atoms with Crippen molar-refractivity contribution < 1.29 is 10.2 Å². The molecule has 0 spiro atoms. The average Bonchev–Trinajstić information content (AvgIpc) is 2.76. The molecule has 0 aliphatic heterocycles. The summed E-state index contributed by atoms with van der Waals surface area (Å²) in [6.07, 6.45) is 10.7. The smallest absolute Gasteiger partial charge is 0.0596 e. The summed E-state index contributed by atoms with van der Waals surface area (Å²) in [5.74, 6) is 3.21. The molecule has 21 heavy (non-hydrogen) atoms. The van der Waals surface area contributed by atoms with Crippen molar-refractivity contribution in [3.05, 3.63) is 0 Å². The highest BCUT2D eigenvalue weighted by Gasteiger charge is 2.59. The van der Waals surface area contributed by atoms with E-state index >= 15 is 0 Å².